The summed E-state index contributed by atoms with van der Waals surface area (Å²) in [5, 5.41) is 2.95. The van der Waals surface area contributed by atoms with Crippen LogP contribution in [-0.2, 0) is 16.1 Å². The van der Waals surface area contributed by atoms with E-state index in [0.29, 0.717) is 6.54 Å². The number of nitrogens with zero attached hydrogens (tertiary/aromatic N) is 1. The highest BCUT2D eigenvalue weighted by atomic mass is 16.2. The average Bonchev–Trinajstić information content (AvgIpc) is 2.64. The topological polar surface area (TPSA) is 49.4 Å². The fourth-order valence-electron chi connectivity index (χ4n) is 2.76. The molecule has 0 radical (unpaired) electrons. The van der Waals surface area contributed by atoms with E-state index in [1.807, 2.05) is 37.8 Å². The minimum atomic E-state index is -0.479. The van der Waals surface area contributed by atoms with Crippen molar-refractivity contribution in [3.8, 4) is 0 Å². The molecule has 0 bridgehead atoms. The van der Waals surface area contributed by atoms with Crippen molar-refractivity contribution in [3.05, 3.63) is 35.4 Å². The van der Waals surface area contributed by atoms with E-state index < -0.39 is 11.5 Å². The molecule has 1 aromatic rings. The second-order valence-corrected chi connectivity index (χ2v) is 7.46. The number of amides is 2. The monoisotopic (exact) mass is 316 g/mol. The van der Waals surface area contributed by atoms with Crippen molar-refractivity contribution < 1.29 is 9.59 Å². The van der Waals surface area contributed by atoms with Crippen LogP contribution < -0.4 is 5.32 Å². The molecule has 1 N–H and O–H groups in total. The van der Waals surface area contributed by atoms with E-state index in [4.69, 9.17) is 0 Å². The van der Waals surface area contributed by atoms with Crippen LogP contribution in [0.25, 0.3) is 0 Å². The van der Waals surface area contributed by atoms with Gasteiger partial charge in [0.05, 0.1) is 0 Å². The number of rotatable bonds is 3. The van der Waals surface area contributed by atoms with Crippen LogP contribution in [0.15, 0.2) is 24.3 Å². The maximum absolute atomic E-state index is 12.8. The molecule has 1 saturated heterocycles. The third-order valence-electron chi connectivity index (χ3n) is 4.39. The van der Waals surface area contributed by atoms with Gasteiger partial charge in [-0.25, -0.2) is 0 Å². The third-order valence-corrected chi connectivity index (χ3v) is 4.39. The highest BCUT2D eigenvalue weighted by molar-refractivity contribution is 5.89. The van der Waals surface area contributed by atoms with E-state index in [9.17, 15) is 9.59 Å². The maximum Gasteiger partial charge on any atom is 0.245 e. The van der Waals surface area contributed by atoms with Gasteiger partial charge in [-0.05, 0) is 37.3 Å². The Labute approximate surface area is 139 Å². The summed E-state index contributed by atoms with van der Waals surface area (Å²) in [5.41, 5.74) is 1.89. The Morgan fingerprint density at radius 1 is 1.26 bits per heavy atom. The number of hydrogen-bond donors (Lipinski definition) is 1. The lowest BCUT2D eigenvalue weighted by Gasteiger charge is -2.27. The minimum absolute atomic E-state index is 0.0448. The molecule has 4 heteroatoms. The van der Waals surface area contributed by atoms with Crippen molar-refractivity contribution in [1.29, 1.82) is 0 Å². The molecule has 1 heterocycles. The number of carbonyl (C=O) groups excluding carboxylic acids is 2. The van der Waals surface area contributed by atoms with Crippen molar-refractivity contribution in [1.82, 2.24) is 10.2 Å². The number of aryl methyl sites for hydroxylation is 1. The molecular weight excluding hydrogens is 288 g/mol. The first kappa shape index (κ1) is 17.5. The molecular formula is C19H28N2O2. The zero-order valence-electron chi connectivity index (χ0n) is 14.7. The van der Waals surface area contributed by atoms with Crippen LogP contribution in [0.2, 0.25) is 0 Å². The van der Waals surface area contributed by atoms with Gasteiger partial charge in [-0.1, -0.05) is 45.0 Å². The smallest absolute Gasteiger partial charge is 0.245 e. The van der Waals surface area contributed by atoms with Gasteiger partial charge in [-0.15, -0.1) is 0 Å². The summed E-state index contributed by atoms with van der Waals surface area (Å²) in [7, 11) is 0. The second kappa shape index (κ2) is 7.16. The Bertz CT molecular complexity index is 575. The van der Waals surface area contributed by atoms with Gasteiger partial charge in [0.2, 0.25) is 11.8 Å². The summed E-state index contributed by atoms with van der Waals surface area (Å²) >= 11 is 0. The fourth-order valence-corrected chi connectivity index (χ4v) is 2.76. The SMILES string of the molecule is Cc1ccccc1CN1CCCCC(NC(=O)C(C)(C)C)C1=O. The van der Waals surface area contributed by atoms with Crippen LogP contribution in [0.4, 0.5) is 0 Å². The Morgan fingerprint density at radius 2 is 1.96 bits per heavy atom. The summed E-state index contributed by atoms with van der Waals surface area (Å²) in [6.45, 7) is 9.05. The highest BCUT2D eigenvalue weighted by Crippen LogP contribution is 2.19. The van der Waals surface area contributed by atoms with E-state index in [1.54, 1.807) is 0 Å². The van der Waals surface area contributed by atoms with Crippen molar-refractivity contribution in [2.24, 2.45) is 5.41 Å². The summed E-state index contributed by atoms with van der Waals surface area (Å²) < 4.78 is 0. The van der Waals surface area contributed by atoms with Crippen LogP contribution in [0.5, 0.6) is 0 Å². The molecule has 0 saturated carbocycles. The molecule has 0 aromatic heterocycles. The number of hydrogen-bond acceptors (Lipinski definition) is 2. The standard InChI is InChI=1S/C19H28N2O2/c1-14-9-5-6-10-15(14)13-21-12-8-7-11-16(17(21)22)20-18(23)19(2,3)4/h5-6,9-10,16H,7-8,11-13H2,1-4H3,(H,20,23). The first-order chi connectivity index (χ1) is 10.8. The molecule has 1 aromatic carbocycles. The Kier molecular flexibility index (Phi) is 5.45. The van der Waals surface area contributed by atoms with Gasteiger partial charge in [0, 0.05) is 18.5 Å². The van der Waals surface area contributed by atoms with Gasteiger partial charge in [0.1, 0.15) is 6.04 Å². The molecule has 4 nitrogen and oxygen atoms in total. The summed E-state index contributed by atoms with van der Waals surface area (Å²) in [6, 6.07) is 7.75. The van der Waals surface area contributed by atoms with E-state index >= 15 is 0 Å². The lowest BCUT2D eigenvalue weighted by molar-refractivity contribution is -0.138. The lowest BCUT2D eigenvalue weighted by atomic mass is 9.95. The van der Waals surface area contributed by atoms with Gasteiger partial charge in [-0.2, -0.15) is 0 Å². The Morgan fingerprint density at radius 3 is 2.61 bits per heavy atom. The average molecular weight is 316 g/mol. The third kappa shape index (κ3) is 4.57. The molecule has 0 spiro atoms. The molecule has 0 aliphatic carbocycles. The molecule has 1 aliphatic heterocycles. The summed E-state index contributed by atoms with van der Waals surface area (Å²) in [6.07, 6.45) is 2.68. The van der Waals surface area contributed by atoms with E-state index in [0.717, 1.165) is 25.8 Å². The molecule has 2 rings (SSSR count). The largest absolute Gasteiger partial charge is 0.344 e. The van der Waals surface area contributed by atoms with Crippen LogP contribution in [0.3, 0.4) is 0 Å². The lowest BCUT2D eigenvalue weighted by Crippen LogP contribution is -2.50. The zero-order valence-corrected chi connectivity index (χ0v) is 14.7. The van der Waals surface area contributed by atoms with Crippen LogP contribution in [0, 0.1) is 12.3 Å². The molecule has 23 heavy (non-hydrogen) atoms. The molecule has 1 aliphatic rings. The number of likely N-dealkylation sites (tertiary alicyclic amines) is 1. The van der Waals surface area contributed by atoms with Crippen molar-refractivity contribution in [3.63, 3.8) is 0 Å². The second-order valence-electron chi connectivity index (χ2n) is 7.46. The quantitative estimate of drug-likeness (QED) is 0.932. The van der Waals surface area contributed by atoms with E-state index in [2.05, 4.69) is 24.4 Å². The van der Waals surface area contributed by atoms with Crippen LogP contribution in [0.1, 0.15) is 51.2 Å². The van der Waals surface area contributed by atoms with Crippen molar-refractivity contribution in [2.45, 2.75) is 59.5 Å². The molecule has 2 amide bonds. The Balaban J connectivity index is 2.10. The predicted octanol–water partition coefficient (Wildman–Crippen LogP) is 3.04. The Hall–Kier alpha value is -1.84. The molecule has 126 valence electrons. The predicted molar refractivity (Wildman–Crippen MR) is 91.8 cm³/mol. The van der Waals surface area contributed by atoms with E-state index in [1.165, 1.54) is 11.1 Å². The number of nitrogens with one attached hydrogen (secondary N) is 1. The number of carbonyl (C=O) groups is 2. The van der Waals surface area contributed by atoms with Crippen molar-refractivity contribution in [2.75, 3.05) is 6.54 Å². The van der Waals surface area contributed by atoms with Gasteiger partial charge in [-0.3, -0.25) is 9.59 Å². The van der Waals surface area contributed by atoms with Gasteiger partial charge >= 0.3 is 0 Å². The fraction of sp³-hybridized carbons (Fsp3) is 0.579. The first-order valence-corrected chi connectivity index (χ1v) is 8.43. The first-order valence-electron chi connectivity index (χ1n) is 8.43. The maximum atomic E-state index is 12.8. The molecule has 1 unspecified atom stereocenters. The molecule has 1 fully saturated rings. The summed E-state index contributed by atoms with van der Waals surface area (Å²) in [5.74, 6) is -0.0167. The highest BCUT2D eigenvalue weighted by Gasteiger charge is 2.31. The van der Waals surface area contributed by atoms with Gasteiger partial charge in [0.25, 0.3) is 0 Å². The van der Waals surface area contributed by atoms with Crippen molar-refractivity contribution >= 4 is 11.8 Å². The van der Waals surface area contributed by atoms with E-state index in [-0.39, 0.29) is 11.8 Å². The molecule has 1 atom stereocenters. The zero-order chi connectivity index (χ0) is 17.0. The van der Waals surface area contributed by atoms with Crippen LogP contribution >= 0.6 is 0 Å². The minimum Gasteiger partial charge on any atom is -0.344 e. The van der Waals surface area contributed by atoms with Crippen LogP contribution in [-0.4, -0.2) is 29.3 Å². The van der Waals surface area contributed by atoms with Gasteiger partial charge in [0.15, 0.2) is 0 Å². The number of benzene rings is 1. The van der Waals surface area contributed by atoms with Gasteiger partial charge < -0.3 is 10.2 Å². The normalized spacial score (nSPS) is 19.4. The summed E-state index contributed by atoms with van der Waals surface area (Å²) in [4.78, 5) is 27.0.